The molecule has 5 nitrogen and oxygen atoms in total. The maximum absolute atomic E-state index is 13.5. The molecule has 2 aliphatic rings. The lowest BCUT2D eigenvalue weighted by molar-refractivity contribution is 0.568. The summed E-state index contributed by atoms with van der Waals surface area (Å²) < 4.78 is 28.2. The van der Waals surface area contributed by atoms with Crippen LogP contribution in [0.3, 0.4) is 0 Å². The molecule has 0 amide bonds. The minimum absolute atomic E-state index is 0.157. The first-order valence-electron chi connectivity index (χ1n) is 12.2. The van der Waals surface area contributed by atoms with Gasteiger partial charge >= 0.3 is 0 Å². The molecular weight excluding hydrogens is 434 g/mol. The molecule has 7 heteroatoms. The number of rotatable bonds is 8. The van der Waals surface area contributed by atoms with E-state index in [9.17, 15) is 13.6 Å². The van der Waals surface area contributed by atoms with Crippen molar-refractivity contribution >= 4 is 5.82 Å². The Hall–Kier alpha value is -3.06. The van der Waals surface area contributed by atoms with Gasteiger partial charge in [0.25, 0.3) is 5.56 Å². The van der Waals surface area contributed by atoms with Gasteiger partial charge in [-0.25, -0.2) is 13.8 Å². The first kappa shape index (κ1) is 22.7. The summed E-state index contributed by atoms with van der Waals surface area (Å²) in [7, 11) is 0. The van der Waals surface area contributed by atoms with Crippen LogP contribution in [0.1, 0.15) is 49.3 Å². The number of piperidine rings is 1. The molecule has 1 saturated carbocycles. The van der Waals surface area contributed by atoms with E-state index in [1.54, 1.807) is 22.9 Å². The molecule has 3 aromatic rings. The van der Waals surface area contributed by atoms with E-state index in [1.807, 2.05) is 12.1 Å². The minimum Gasteiger partial charge on any atom is -0.352 e. The van der Waals surface area contributed by atoms with Crippen molar-refractivity contribution in [2.45, 2.75) is 50.5 Å². The number of nitrogens with zero attached hydrogens (tertiary/aromatic N) is 3. The minimum atomic E-state index is -0.326. The van der Waals surface area contributed by atoms with Gasteiger partial charge in [0.15, 0.2) is 5.82 Å². The third kappa shape index (κ3) is 5.20. The Labute approximate surface area is 198 Å². The van der Waals surface area contributed by atoms with Crippen LogP contribution in [-0.2, 0) is 6.42 Å². The summed E-state index contributed by atoms with van der Waals surface area (Å²) in [5.74, 6) is 0.414. The molecular formula is C27H30F2N4O. The normalized spacial score (nSPS) is 19.9. The van der Waals surface area contributed by atoms with Crippen molar-refractivity contribution in [1.82, 2.24) is 14.9 Å². The van der Waals surface area contributed by atoms with Crippen LogP contribution in [0.2, 0.25) is 0 Å². The molecule has 2 heterocycles. The smallest absolute Gasteiger partial charge is 0.298 e. The van der Waals surface area contributed by atoms with Gasteiger partial charge in [-0.3, -0.25) is 9.36 Å². The van der Waals surface area contributed by atoms with Crippen LogP contribution in [0.4, 0.5) is 14.6 Å². The lowest BCUT2D eigenvalue weighted by atomic mass is 10.1. The van der Waals surface area contributed by atoms with Crippen LogP contribution < -0.4 is 15.8 Å². The fraction of sp³-hybridized carbons (Fsp3) is 0.407. The van der Waals surface area contributed by atoms with Crippen molar-refractivity contribution < 1.29 is 8.78 Å². The van der Waals surface area contributed by atoms with Crippen LogP contribution in [0.15, 0.2) is 59.5 Å². The molecule has 2 atom stereocenters. The van der Waals surface area contributed by atoms with E-state index < -0.39 is 0 Å². The average Bonchev–Trinajstić information content (AvgIpc) is 3.64. The summed E-state index contributed by atoms with van der Waals surface area (Å²) in [6.07, 6.45) is 7.78. The third-order valence-electron chi connectivity index (χ3n) is 6.80. The lowest BCUT2D eigenvalue weighted by Crippen LogP contribution is -2.37. The summed E-state index contributed by atoms with van der Waals surface area (Å²) in [6, 6.07) is 13.2. The molecule has 1 aliphatic heterocycles. The molecule has 1 saturated heterocycles. The lowest BCUT2D eigenvalue weighted by Gasteiger charge is -2.28. The zero-order valence-electron chi connectivity index (χ0n) is 19.2. The fourth-order valence-corrected chi connectivity index (χ4v) is 4.81. The number of anilines is 1. The van der Waals surface area contributed by atoms with E-state index in [2.05, 4.69) is 10.2 Å². The van der Waals surface area contributed by atoms with E-state index in [4.69, 9.17) is 4.98 Å². The van der Waals surface area contributed by atoms with Gasteiger partial charge in [-0.1, -0.05) is 12.1 Å². The number of aromatic nitrogens is 2. The van der Waals surface area contributed by atoms with Gasteiger partial charge in [0.1, 0.15) is 11.6 Å². The van der Waals surface area contributed by atoms with Crippen molar-refractivity contribution in [1.29, 1.82) is 0 Å². The van der Waals surface area contributed by atoms with Crippen molar-refractivity contribution in [3.05, 3.63) is 88.0 Å². The maximum Gasteiger partial charge on any atom is 0.298 e. The number of aryl methyl sites for hydroxylation is 1. The standard InChI is InChI=1S/C27H30F2N4O/c28-20-8-6-19(7-9-20)24-17-25(24)30-14-4-5-22-18-33(23-12-10-21(29)11-13-23)27(34)26(31-22)32-15-2-1-3-16-32/h6-13,18,24-25,30H,1-5,14-17H2/t24-,25+/m0/s1. The third-order valence-corrected chi connectivity index (χ3v) is 6.80. The van der Waals surface area contributed by atoms with Gasteiger partial charge in [0, 0.05) is 36.9 Å². The highest BCUT2D eigenvalue weighted by Crippen LogP contribution is 2.40. The summed E-state index contributed by atoms with van der Waals surface area (Å²) in [5, 5.41) is 3.59. The van der Waals surface area contributed by atoms with Crippen LogP contribution in [-0.4, -0.2) is 35.2 Å². The predicted octanol–water partition coefficient (Wildman–Crippen LogP) is 4.58. The van der Waals surface area contributed by atoms with Crippen molar-refractivity contribution in [3.63, 3.8) is 0 Å². The Balaban J connectivity index is 1.26. The van der Waals surface area contributed by atoms with Crippen molar-refractivity contribution in [2.24, 2.45) is 0 Å². The fourth-order valence-electron chi connectivity index (χ4n) is 4.81. The molecule has 0 unspecified atom stereocenters. The first-order chi connectivity index (χ1) is 16.6. The second-order valence-electron chi connectivity index (χ2n) is 9.31. The Morgan fingerprint density at radius 1 is 0.941 bits per heavy atom. The summed E-state index contributed by atoms with van der Waals surface area (Å²) in [6.45, 7) is 2.52. The van der Waals surface area contributed by atoms with E-state index in [1.165, 1.54) is 36.2 Å². The SMILES string of the molecule is O=c1c(N2CCCCC2)nc(CCCN[C@@H]2C[C@H]2c2ccc(F)cc2)cn1-c1ccc(F)cc1. The van der Waals surface area contributed by atoms with Crippen molar-refractivity contribution in [3.8, 4) is 5.69 Å². The molecule has 178 valence electrons. The number of nitrogens with one attached hydrogen (secondary N) is 1. The highest BCUT2D eigenvalue weighted by atomic mass is 19.1. The molecule has 1 aliphatic carbocycles. The highest BCUT2D eigenvalue weighted by molar-refractivity contribution is 5.42. The molecule has 0 bridgehead atoms. The highest BCUT2D eigenvalue weighted by Gasteiger charge is 2.37. The predicted molar refractivity (Wildman–Crippen MR) is 130 cm³/mol. The van der Waals surface area contributed by atoms with Gasteiger partial charge in [-0.2, -0.15) is 0 Å². The summed E-state index contributed by atoms with van der Waals surface area (Å²) >= 11 is 0. The van der Waals surface area contributed by atoms with Crippen LogP contribution in [0.5, 0.6) is 0 Å². The van der Waals surface area contributed by atoms with Gasteiger partial charge in [0.05, 0.1) is 5.69 Å². The largest absolute Gasteiger partial charge is 0.352 e. The van der Waals surface area contributed by atoms with Gasteiger partial charge < -0.3 is 10.2 Å². The first-order valence-corrected chi connectivity index (χ1v) is 12.2. The van der Waals surface area contributed by atoms with Crippen molar-refractivity contribution in [2.75, 3.05) is 24.5 Å². The number of benzene rings is 2. The number of halogens is 2. The molecule has 1 aromatic heterocycles. The Morgan fingerprint density at radius 3 is 2.32 bits per heavy atom. The molecule has 2 fully saturated rings. The topological polar surface area (TPSA) is 50.2 Å². The van der Waals surface area contributed by atoms with Gasteiger partial charge in [-0.15, -0.1) is 0 Å². The Bertz CT molecular complexity index is 1170. The van der Waals surface area contributed by atoms with E-state index in [-0.39, 0.29) is 17.2 Å². The molecule has 34 heavy (non-hydrogen) atoms. The average molecular weight is 465 g/mol. The van der Waals surface area contributed by atoms with E-state index >= 15 is 0 Å². The van der Waals surface area contributed by atoms with Crippen LogP contribution in [0.25, 0.3) is 5.69 Å². The zero-order chi connectivity index (χ0) is 23.5. The Morgan fingerprint density at radius 2 is 1.62 bits per heavy atom. The molecule has 2 aromatic carbocycles. The van der Waals surface area contributed by atoms with Gasteiger partial charge in [-0.05, 0) is 87.0 Å². The molecule has 0 spiro atoms. The van der Waals surface area contributed by atoms with Crippen LogP contribution in [0, 0.1) is 11.6 Å². The summed E-state index contributed by atoms with van der Waals surface area (Å²) in [4.78, 5) is 20.1. The molecule has 0 radical (unpaired) electrons. The second-order valence-corrected chi connectivity index (χ2v) is 9.31. The summed E-state index contributed by atoms with van der Waals surface area (Å²) in [5.41, 5.74) is 2.53. The molecule has 5 rings (SSSR count). The Kier molecular flexibility index (Phi) is 6.72. The second kappa shape index (κ2) is 10.1. The van der Waals surface area contributed by atoms with Gasteiger partial charge in [0.2, 0.25) is 0 Å². The van der Waals surface area contributed by atoms with E-state index in [0.717, 1.165) is 57.4 Å². The maximum atomic E-state index is 13.5. The molecule has 1 N–H and O–H groups in total. The number of hydrogen-bond donors (Lipinski definition) is 1. The zero-order valence-corrected chi connectivity index (χ0v) is 19.2. The van der Waals surface area contributed by atoms with E-state index in [0.29, 0.717) is 23.5 Å². The quantitative estimate of drug-likeness (QED) is 0.496. The van der Waals surface area contributed by atoms with Crippen LogP contribution >= 0.6 is 0 Å². The number of hydrogen-bond acceptors (Lipinski definition) is 4. The monoisotopic (exact) mass is 464 g/mol.